The zero-order valence-electron chi connectivity index (χ0n) is 9.21. The van der Waals surface area contributed by atoms with E-state index in [2.05, 4.69) is 13.8 Å². The van der Waals surface area contributed by atoms with Crippen LogP contribution in [0.3, 0.4) is 0 Å². The number of phenols is 1. The van der Waals surface area contributed by atoms with Gasteiger partial charge in [-0.15, -0.1) is 0 Å². The van der Waals surface area contributed by atoms with Crippen LogP contribution in [0.4, 0.5) is 0 Å². The molecule has 1 rings (SSSR count). The summed E-state index contributed by atoms with van der Waals surface area (Å²) in [5.41, 5.74) is 2.58. The van der Waals surface area contributed by atoms with Crippen molar-refractivity contribution in [3.8, 4) is 5.75 Å². The molecular formula is C13H20O. The van der Waals surface area contributed by atoms with Gasteiger partial charge in [0.15, 0.2) is 0 Å². The van der Waals surface area contributed by atoms with Gasteiger partial charge in [0.1, 0.15) is 5.75 Å². The summed E-state index contributed by atoms with van der Waals surface area (Å²) in [6.45, 7) is 4.33. The molecule has 0 aromatic heterocycles. The lowest BCUT2D eigenvalue weighted by Gasteiger charge is -2.05. The van der Waals surface area contributed by atoms with Crippen LogP contribution in [0.5, 0.6) is 5.75 Å². The summed E-state index contributed by atoms with van der Waals surface area (Å²) in [4.78, 5) is 0. The van der Waals surface area contributed by atoms with Gasteiger partial charge in [-0.2, -0.15) is 0 Å². The van der Waals surface area contributed by atoms with Crippen molar-refractivity contribution in [1.82, 2.24) is 0 Å². The topological polar surface area (TPSA) is 20.2 Å². The number of aryl methyl sites for hydroxylation is 2. The van der Waals surface area contributed by atoms with Gasteiger partial charge in [-0.05, 0) is 43.0 Å². The second-order valence-corrected chi connectivity index (χ2v) is 3.92. The number of unbranched alkanes of at least 4 members (excludes halogenated alkanes) is 3. The number of hydrogen-bond donors (Lipinski definition) is 1. The summed E-state index contributed by atoms with van der Waals surface area (Å²) in [7, 11) is 0. The molecule has 0 bridgehead atoms. The average Bonchev–Trinajstić information content (AvgIpc) is 2.18. The molecule has 0 saturated carbocycles. The van der Waals surface area contributed by atoms with Crippen LogP contribution in [0.2, 0.25) is 0 Å². The van der Waals surface area contributed by atoms with Crippen LogP contribution < -0.4 is 0 Å². The highest BCUT2D eigenvalue weighted by Gasteiger charge is 1.99. The third-order valence-electron chi connectivity index (χ3n) is 2.63. The molecule has 1 aromatic carbocycles. The molecule has 0 amide bonds. The molecule has 0 atom stereocenters. The maximum atomic E-state index is 9.34. The SMILES string of the molecule is CCCCCCc1cc(O)ccc1C. The van der Waals surface area contributed by atoms with Crippen LogP contribution in [0.1, 0.15) is 43.7 Å². The molecule has 0 radical (unpaired) electrons. The van der Waals surface area contributed by atoms with Crippen molar-refractivity contribution in [3.63, 3.8) is 0 Å². The van der Waals surface area contributed by atoms with E-state index < -0.39 is 0 Å². The predicted octanol–water partition coefficient (Wildman–Crippen LogP) is 3.82. The van der Waals surface area contributed by atoms with Gasteiger partial charge in [-0.1, -0.05) is 32.3 Å². The van der Waals surface area contributed by atoms with Crippen molar-refractivity contribution in [1.29, 1.82) is 0 Å². The minimum Gasteiger partial charge on any atom is -0.508 e. The largest absolute Gasteiger partial charge is 0.508 e. The molecule has 14 heavy (non-hydrogen) atoms. The van der Waals surface area contributed by atoms with E-state index >= 15 is 0 Å². The van der Waals surface area contributed by atoms with Crippen molar-refractivity contribution in [2.24, 2.45) is 0 Å². The first-order valence-electron chi connectivity index (χ1n) is 5.52. The van der Waals surface area contributed by atoms with Gasteiger partial charge in [-0.25, -0.2) is 0 Å². The Hall–Kier alpha value is -0.980. The Kier molecular flexibility index (Phi) is 4.51. The lowest BCUT2D eigenvalue weighted by Crippen LogP contribution is -1.89. The van der Waals surface area contributed by atoms with Crippen molar-refractivity contribution in [2.45, 2.75) is 46.0 Å². The number of benzene rings is 1. The minimum atomic E-state index is 0.390. The summed E-state index contributed by atoms with van der Waals surface area (Å²) in [6.07, 6.45) is 6.22. The Balaban J connectivity index is 2.45. The van der Waals surface area contributed by atoms with Crippen molar-refractivity contribution < 1.29 is 5.11 Å². The van der Waals surface area contributed by atoms with E-state index in [9.17, 15) is 5.11 Å². The first-order valence-corrected chi connectivity index (χ1v) is 5.52. The Morgan fingerprint density at radius 2 is 1.93 bits per heavy atom. The molecule has 0 aliphatic carbocycles. The molecule has 0 heterocycles. The molecule has 1 aromatic rings. The fourth-order valence-electron chi connectivity index (χ4n) is 1.67. The third-order valence-corrected chi connectivity index (χ3v) is 2.63. The van der Waals surface area contributed by atoms with Crippen molar-refractivity contribution >= 4 is 0 Å². The van der Waals surface area contributed by atoms with E-state index in [1.165, 1.54) is 36.8 Å². The molecule has 1 nitrogen and oxygen atoms in total. The van der Waals surface area contributed by atoms with E-state index in [1.54, 1.807) is 6.07 Å². The quantitative estimate of drug-likeness (QED) is 0.703. The highest BCUT2D eigenvalue weighted by atomic mass is 16.3. The maximum absolute atomic E-state index is 9.34. The lowest BCUT2D eigenvalue weighted by molar-refractivity contribution is 0.474. The molecule has 1 heteroatoms. The number of hydrogen-bond acceptors (Lipinski definition) is 1. The van der Waals surface area contributed by atoms with Crippen LogP contribution in [-0.4, -0.2) is 5.11 Å². The maximum Gasteiger partial charge on any atom is 0.115 e. The van der Waals surface area contributed by atoms with Gasteiger partial charge >= 0.3 is 0 Å². The van der Waals surface area contributed by atoms with Crippen LogP contribution in [0.25, 0.3) is 0 Å². The molecule has 0 aliphatic rings. The second kappa shape index (κ2) is 5.69. The third kappa shape index (κ3) is 3.41. The normalized spacial score (nSPS) is 10.4. The van der Waals surface area contributed by atoms with Gasteiger partial charge in [0.2, 0.25) is 0 Å². The Morgan fingerprint density at radius 1 is 1.14 bits per heavy atom. The second-order valence-electron chi connectivity index (χ2n) is 3.92. The monoisotopic (exact) mass is 192 g/mol. The smallest absolute Gasteiger partial charge is 0.115 e. The van der Waals surface area contributed by atoms with E-state index in [4.69, 9.17) is 0 Å². The highest BCUT2D eigenvalue weighted by Crippen LogP contribution is 2.18. The molecule has 0 fully saturated rings. The first kappa shape index (κ1) is 11.1. The number of rotatable bonds is 5. The highest BCUT2D eigenvalue weighted by molar-refractivity contribution is 5.33. The molecular weight excluding hydrogens is 172 g/mol. The molecule has 1 N–H and O–H groups in total. The van der Waals surface area contributed by atoms with E-state index in [1.807, 2.05) is 12.1 Å². The van der Waals surface area contributed by atoms with Gasteiger partial charge < -0.3 is 5.11 Å². The molecule has 0 saturated heterocycles. The summed E-state index contributed by atoms with van der Waals surface area (Å²) < 4.78 is 0. The first-order chi connectivity index (χ1) is 6.74. The molecule has 78 valence electrons. The molecule has 0 unspecified atom stereocenters. The van der Waals surface area contributed by atoms with Gasteiger partial charge in [-0.3, -0.25) is 0 Å². The van der Waals surface area contributed by atoms with Crippen LogP contribution in [0.15, 0.2) is 18.2 Å². The van der Waals surface area contributed by atoms with E-state index in [-0.39, 0.29) is 0 Å². The van der Waals surface area contributed by atoms with Gasteiger partial charge in [0, 0.05) is 0 Å². The summed E-state index contributed by atoms with van der Waals surface area (Å²) in [5, 5.41) is 9.34. The average molecular weight is 192 g/mol. The zero-order valence-corrected chi connectivity index (χ0v) is 9.21. The van der Waals surface area contributed by atoms with Gasteiger partial charge in [0.25, 0.3) is 0 Å². The Morgan fingerprint density at radius 3 is 2.64 bits per heavy atom. The van der Waals surface area contributed by atoms with E-state index in [0.717, 1.165) is 6.42 Å². The number of aromatic hydroxyl groups is 1. The Labute approximate surface area is 86.8 Å². The zero-order chi connectivity index (χ0) is 10.4. The minimum absolute atomic E-state index is 0.390. The summed E-state index contributed by atoms with van der Waals surface area (Å²) >= 11 is 0. The van der Waals surface area contributed by atoms with Crippen LogP contribution in [-0.2, 0) is 6.42 Å². The van der Waals surface area contributed by atoms with E-state index in [0.29, 0.717) is 5.75 Å². The van der Waals surface area contributed by atoms with Crippen LogP contribution >= 0.6 is 0 Å². The fraction of sp³-hybridized carbons (Fsp3) is 0.538. The summed E-state index contributed by atoms with van der Waals surface area (Å²) in [5.74, 6) is 0.390. The lowest BCUT2D eigenvalue weighted by atomic mass is 10.0. The number of phenolic OH excluding ortho intramolecular Hbond substituents is 1. The predicted molar refractivity (Wildman–Crippen MR) is 60.7 cm³/mol. The van der Waals surface area contributed by atoms with Crippen molar-refractivity contribution in [3.05, 3.63) is 29.3 Å². The fourth-order valence-corrected chi connectivity index (χ4v) is 1.67. The summed E-state index contributed by atoms with van der Waals surface area (Å²) in [6, 6.07) is 5.64. The van der Waals surface area contributed by atoms with Crippen molar-refractivity contribution in [2.75, 3.05) is 0 Å². The van der Waals surface area contributed by atoms with Gasteiger partial charge in [0.05, 0.1) is 0 Å². The standard InChI is InChI=1S/C13H20O/c1-3-4-5-6-7-12-10-13(14)9-8-11(12)2/h8-10,14H,3-7H2,1-2H3. The van der Waals surface area contributed by atoms with Crippen LogP contribution in [0, 0.1) is 6.92 Å². The Bertz CT molecular complexity index is 279. The molecule has 0 aliphatic heterocycles. The molecule has 0 spiro atoms.